The summed E-state index contributed by atoms with van der Waals surface area (Å²) in [6.07, 6.45) is 0. The molecule has 0 aliphatic rings. The molecule has 6 heteroatoms. The van der Waals surface area contributed by atoms with Crippen LogP contribution in [0.5, 0.6) is 0 Å². The van der Waals surface area contributed by atoms with E-state index in [9.17, 15) is 4.79 Å². The molecule has 1 aromatic heterocycles. The number of urea groups is 1. The van der Waals surface area contributed by atoms with Crippen LogP contribution >= 0.6 is 0 Å². The zero-order valence-electron chi connectivity index (χ0n) is 8.26. The summed E-state index contributed by atoms with van der Waals surface area (Å²) < 4.78 is 4.78. The number of aryl methyl sites for hydroxylation is 1. The monoisotopic (exact) mass is 198 g/mol. The van der Waals surface area contributed by atoms with E-state index in [1.807, 2.05) is 6.92 Å². The Morgan fingerprint density at radius 3 is 3.07 bits per heavy atom. The number of methoxy groups -OCH3 is 1. The highest BCUT2D eigenvalue weighted by molar-refractivity contribution is 5.88. The highest BCUT2D eigenvalue weighted by Crippen LogP contribution is 2.02. The Hall–Kier alpha value is -1.56. The number of nitrogens with zero attached hydrogens (tertiary/aromatic N) is 1. The summed E-state index contributed by atoms with van der Waals surface area (Å²) in [5.41, 5.74) is 0.900. The van der Waals surface area contributed by atoms with Gasteiger partial charge in [-0.3, -0.25) is 10.4 Å². The van der Waals surface area contributed by atoms with Crippen LogP contribution in [0.1, 0.15) is 5.69 Å². The number of nitrogens with one attached hydrogen (secondary N) is 3. The summed E-state index contributed by atoms with van der Waals surface area (Å²) in [7, 11) is 1.58. The van der Waals surface area contributed by atoms with Gasteiger partial charge in [0.2, 0.25) is 0 Å². The molecule has 1 rings (SSSR count). The lowest BCUT2D eigenvalue weighted by Gasteiger charge is -2.03. The van der Waals surface area contributed by atoms with E-state index < -0.39 is 0 Å². The molecule has 1 heterocycles. The minimum Gasteiger partial charge on any atom is -0.383 e. The zero-order valence-corrected chi connectivity index (χ0v) is 8.26. The summed E-state index contributed by atoms with van der Waals surface area (Å²) in [5.74, 6) is 0.511. The molecule has 0 aromatic carbocycles. The van der Waals surface area contributed by atoms with Crippen molar-refractivity contribution in [1.82, 2.24) is 15.5 Å². The van der Waals surface area contributed by atoms with Crippen LogP contribution in [0, 0.1) is 6.92 Å². The first kappa shape index (κ1) is 10.5. The van der Waals surface area contributed by atoms with Crippen LogP contribution in [0.3, 0.4) is 0 Å². The predicted octanol–water partition coefficient (Wildman–Crippen LogP) is 0.486. The van der Waals surface area contributed by atoms with Gasteiger partial charge in [-0.15, -0.1) is 0 Å². The van der Waals surface area contributed by atoms with Crippen molar-refractivity contribution >= 4 is 11.8 Å². The summed E-state index contributed by atoms with van der Waals surface area (Å²) in [5, 5.41) is 11.8. The molecule has 0 unspecified atom stereocenters. The van der Waals surface area contributed by atoms with E-state index in [4.69, 9.17) is 4.74 Å². The average molecular weight is 198 g/mol. The van der Waals surface area contributed by atoms with Crippen molar-refractivity contribution < 1.29 is 9.53 Å². The SMILES string of the molecule is COCCNC(=O)Nc1cc(C)[nH]n1. The Balaban J connectivity index is 2.27. The second-order valence-corrected chi connectivity index (χ2v) is 2.81. The van der Waals surface area contributed by atoms with Gasteiger partial charge in [-0.25, -0.2) is 4.79 Å². The number of aromatic nitrogens is 2. The van der Waals surface area contributed by atoms with Gasteiger partial charge in [0.1, 0.15) is 0 Å². The molecular weight excluding hydrogens is 184 g/mol. The number of anilines is 1. The Morgan fingerprint density at radius 1 is 1.71 bits per heavy atom. The second kappa shape index (κ2) is 5.23. The number of aromatic amines is 1. The van der Waals surface area contributed by atoms with Gasteiger partial charge in [-0.1, -0.05) is 0 Å². The molecular formula is C8H14N4O2. The van der Waals surface area contributed by atoms with Gasteiger partial charge in [0.15, 0.2) is 5.82 Å². The first-order valence-corrected chi connectivity index (χ1v) is 4.28. The predicted molar refractivity (Wildman–Crippen MR) is 52.2 cm³/mol. The van der Waals surface area contributed by atoms with E-state index in [-0.39, 0.29) is 6.03 Å². The van der Waals surface area contributed by atoms with E-state index in [1.165, 1.54) is 0 Å². The maximum absolute atomic E-state index is 11.2. The van der Waals surface area contributed by atoms with E-state index in [1.54, 1.807) is 13.2 Å². The second-order valence-electron chi connectivity index (χ2n) is 2.81. The fourth-order valence-electron chi connectivity index (χ4n) is 0.909. The molecule has 1 aromatic rings. The van der Waals surface area contributed by atoms with Crippen molar-refractivity contribution in [2.24, 2.45) is 0 Å². The average Bonchev–Trinajstić information content (AvgIpc) is 2.52. The standard InChI is InChI=1S/C8H14N4O2/c1-6-5-7(12-11-6)10-8(13)9-3-4-14-2/h5H,3-4H2,1-2H3,(H3,9,10,11,12,13). The molecule has 3 N–H and O–H groups in total. The molecule has 0 radical (unpaired) electrons. The highest BCUT2D eigenvalue weighted by Gasteiger charge is 2.02. The quantitative estimate of drug-likeness (QED) is 0.616. The summed E-state index contributed by atoms with van der Waals surface area (Å²) in [6.45, 7) is 2.83. The molecule has 78 valence electrons. The van der Waals surface area contributed by atoms with E-state index in [0.29, 0.717) is 19.0 Å². The Bertz CT molecular complexity index is 297. The zero-order chi connectivity index (χ0) is 10.4. The Morgan fingerprint density at radius 2 is 2.50 bits per heavy atom. The van der Waals surface area contributed by atoms with Gasteiger partial charge in [-0.2, -0.15) is 5.10 Å². The van der Waals surface area contributed by atoms with Gasteiger partial charge in [-0.05, 0) is 6.92 Å². The van der Waals surface area contributed by atoms with Gasteiger partial charge in [0, 0.05) is 25.4 Å². The van der Waals surface area contributed by atoms with Crippen molar-refractivity contribution in [3.63, 3.8) is 0 Å². The van der Waals surface area contributed by atoms with Crippen LogP contribution in [0.15, 0.2) is 6.07 Å². The number of H-pyrrole nitrogens is 1. The fraction of sp³-hybridized carbons (Fsp3) is 0.500. The van der Waals surface area contributed by atoms with E-state index >= 15 is 0 Å². The van der Waals surface area contributed by atoms with E-state index in [0.717, 1.165) is 5.69 Å². The molecule has 0 atom stereocenters. The van der Waals surface area contributed by atoms with Crippen molar-refractivity contribution in [2.45, 2.75) is 6.92 Å². The highest BCUT2D eigenvalue weighted by atomic mass is 16.5. The number of rotatable bonds is 4. The number of carbonyl (C=O) groups excluding carboxylic acids is 1. The molecule has 14 heavy (non-hydrogen) atoms. The largest absolute Gasteiger partial charge is 0.383 e. The lowest BCUT2D eigenvalue weighted by Crippen LogP contribution is -2.31. The van der Waals surface area contributed by atoms with Gasteiger partial charge in [0.25, 0.3) is 0 Å². The van der Waals surface area contributed by atoms with Gasteiger partial charge in [0.05, 0.1) is 6.61 Å². The molecule has 0 aliphatic carbocycles. The van der Waals surface area contributed by atoms with E-state index in [2.05, 4.69) is 20.8 Å². The molecule has 0 bridgehead atoms. The maximum atomic E-state index is 11.2. The topological polar surface area (TPSA) is 79.0 Å². The van der Waals surface area contributed by atoms with Crippen LogP contribution in [-0.4, -0.2) is 36.5 Å². The lowest BCUT2D eigenvalue weighted by molar-refractivity contribution is 0.198. The third kappa shape index (κ3) is 3.44. The molecule has 2 amide bonds. The minimum atomic E-state index is -0.284. The summed E-state index contributed by atoms with van der Waals surface area (Å²) >= 11 is 0. The van der Waals surface area contributed by atoms with Crippen LogP contribution in [0.2, 0.25) is 0 Å². The molecule has 0 aliphatic heterocycles. The number of hydrogen-bond donors (Lipinski definition) is 3. The normalized spacial score (nSPS) is 9.86. The minimum absolute atomic E-state index is 0.284. The number of amides is 2. The molecule has 0 saturated carbocycles. The summed E-state index contributed by atoms with van der Waals surface area (Å²) in [4.78, 5) is 11.2. The molecule has 0 fully saturated rings. The number of hydrogen-bond acceptors (Lipinski definition) is 3. The van der Waals surface area contributed by atoms with Crippen LogP contribution in [-0.2, 0) is 4.74 Å². The van der Waals surface area contributed by atoms with Crippen molar-refractivity contribution in [3.8, 4) is 0 Å². The summed E-state index contributed by atoms with van der Waals surface area (Å²) in [6, 6.07) is 1.46. The molecule has 0 spiro atoms. The molecule has 6 nitrogen and oxygen atoms in total. The fourth-order valence-corrected chi connectivity index (χ4v) is 0.909. The smallest absolute Gasteiger partial charge is 0.320 e. The van der Waals surface area contributed by atoms with Crippen molar-refractivity contribution in [2.75, 3.05) is 25.6 Å². The van der Waals surface area contributed by atoms with Crippen molar-refractivity contribution in [3.05, 3.63) is 11.8 Å². The first-order valence-electron chi connectivity index (χ1n) is 4.28. The lowest BCUT2D eigenvalue weighted by atomic mass is 10.5. The number of ether oxygens (including phenoxy) is 1. The first-order chi connectivity index (χ1) is 6.72. The third-order valence-electron chi connectivity index (χ3n) is 1.54. The Kier molecular flexibility index (Phi) is 3.93. The third-order valence-corrected chi connectivity index (χ3v) is 1.54. The molecule has 0 saturated heterocycles. The number of carbonyl (C=O) groups is 1. The van der Waals surface area contributed by atoms with Crippen LogP contribution in [0.25, 0.3) is 0 Å². The van der Waals surface area contributed by atoms with Crippen molar-refractivity contribution in [1.29, 1.82) is 0 Å². The van der Waals surface area contributed by atoms with Crippen LogP contribution in [0.4, 0.5) is 10.6 Å². The van der Waals surface area contributed by atoms with Gasteiger partial charge >= 0.3 is 6.03 Å². The van der Waals surface area contributed by atoms with Gasteiger partial charge < -0.3 is 10.1 Å². The Labute approximate surface area is 82.0 Å². The van der Waals surface area contributed by atoms with Crippen LogP contribution < -0.4 is 10.6 Å². The maximum Gasteiger partial charge on any atom is 0.320 e.